The molecule has 0 radical (unpaired) electrons. The van der Waals surface area contributed by atoms with Crippen molar-refractivity contribution in [3.05, 3.63) is 137 Å². The van der Waals surface area contributed by atoms with Crippen molar-refractivity contribution >= 4 is 81.2 Å². The van der Waals surface area contributed by atoms with Crippen molar-refractivity contribution < 1.29 is 0 Å². The highest BCUT2D eigenvalue weighted by atomic mass is 79.9. The van der Waals surface area contributed by atoms with Gasteiger partial charge in [0.25, 0.3) is 0 Å². The van der Waals surface area contributed by atoms with E-state index in [2.05, 4.69) is 172 Å². The van der Waals surface area contributed by atoms with Crippen molar-refractivity contribution in [2.24, 2.45) is 0 Å². The van der Waals surface area contributed by atoms with Crippen LogP contribution in [0.3, 0.4) is 0 Å². The number of rotatable bonds is 3. The van der Waals surface area contributed by atoms with Gasteiger partial charge in [0.2, 0.25) is 0 Å². The molecule has 7 heteroatoms. The molecule has 0 aliphatic rings. The minimum absolute atomic E-state index is 0.527. The Morgan fingerprint density at radius 3 is 1.91 bits per heavy atom. The fraction of sp³-hybridized carbons (Fsp3) is 0. The lowest BCUT2D eigenvalue weighted by Crippen LogP contribution is -2.00. The molecule has 0 atom stereocenters. The third kappa shape index (κ3) is 3.62. The van der Waals surface area contributed by atoms with Crippen LogP contribution in [0.5, 0.6) is 0 Å². The van der Waals surface area contributed by atoms with Crippen LogP contribution in [0.15, 0.2) is 137 Å². The van der Waals surface area contributed by atoms with E-state index in [1.54, 1.807) is 0 Å². The molecule has 0 spiro atoms. The van der Waals surface area contributed by atoms with Gasteiger partial charge in [-0.05, 0) is 86.5 Å². The summed E-state index contributed by atoms with van der Waals surface area (Å²) in [7, 11) is 0. The first kappa shape index (κ1) is 24.8. The molecule has 43 heavy (non-hydrogen) atoms. The van der Waals surface area contributed by atoms with Gasteiger partial charge in [0, 0.05) is 27.5 Å². The molecule has 4 aromatic heterocycles. The lowest BCUT2D eigenvalue weighted by atomic mass is 10.0. The van der Waals surface area contributed by atoms with Gasteiger partial charge in [-0.25, -0.2) is 9.97 Å². The topological polar surface area (TPSA) is 40.0 Å². The first-order valence-corrected chi connectivity index (χ1v) is 15.6. The Morgan fingerprint density at radius 1 is 0.512 bits per heavy atom. The third-order valence-electron chi connectivity index (χ3n) is 8.25. The van der Waals surface area contributed by atoms with Crippen LogP contribution < -0.4 is 0 Å². The van der Waals surface area contributed by atoms with Crippen molar-refractivity contribution in [3.63, 3.8) is 0 Å². The summed E-state index contributed by atoms with van der Waals surface area (Å²) >= 11 is 7.25. The number of para-hydroxylation sites is 4. The van der Waals surface area contributed by atoms with Crippen molar-refractivity contribution in [2.45, 2.75) is 0 Å². The van der Waals surface area contributed by atoms with Gasteiger partial charge in [0.15, 0.2) is 4.73 Å². The quantitative estimate of drug-likeness (QED) is 0.137. The number of benzene rings is 5. The van der Waals surface area contributed by atoms with Crippen LogP contribution in [0.25, 0.3) is 72.0 Å². The zero-order valence-corrected chi connectivity index (χ0v) is 25.8. The summed E-state index contributed by atoms with van der Waals surface area (Å²) < 4.78 is 8.38. The Labute approximate surface area is 262 Å². The molecule has 0 saturated carbocycles. The molecule has 204 valence electrons. The van der Waals surface area contributed by atoms with Crippen LogP contribution in [0.4, 0.5) is 0 Å². The Hall–Kier alpha value is -4.72. The molecule has 0 unspecified atom stereocenters. The summed E-state index contributed by atoms with van der Waals surface area (Å²) in [6.07, 6.45) is 0. The lowest BCUT2D eigenvalue weighted by molar-refractivity contribution is 1.09. The fourth-order valence-electron chi connectivity index (χ4n) is 6.62. The number of hydrogen-bond donors (Lipinski definition) is 0. The smallest absolute Gasteiger partial charge is 0.198 e. The number of nitrogens with zero attached hydrogens (tertiary/aromatic N) is 5. The maximum Gasteiger partial charge on any atom is 0.198 e. The van der Waals surface area contributed by atoms with E-state index in [1.165, 1.54) is 16.3 Å². The second-order valence-corrected chi connectivity index (χ2v) is 12.1. The summed E-state index contributed by atoms with van der Waals surface area (Å²) in [5.41, 5.74) is 10.7. The van der Waals surface area contributed by atoms with Crippen LogP contribution >= 0.6 is 31.9 Å². The lowest BCUT2D eigenvalue weighted by Gasteiger charge is -2.15. The van der Waals surface area contributed by atoms with Crippen LogP contribution in [0, 0.1) is 0 Å². The van der Waals surface area contributed by atoms with E-state index in [4.69, 9.17) is 4.98 Å². The van der Waals surface area contributed by atoms with E-state index >= 15 is 0 Å². The predicted molar refractivity (Wildman–Crippen MR) is 183 cm³/mol. The highest BCUT2D eigenvalue weighted by Crippen LogP contribution is 2.45. The van der Waals surface area contributed by atoms with Gasteiger partial charge in [-0.15, -0.1) is 0 Å². The molecular formula is C36H21Br2N5. The highest BCUT2D eigenvalue weighted by molar-refractivity contribution is 9.11. The van der Waals surface area contributed by atoms with E-state index in [0.717, 1.165) is 55.7 Å². The van der Waals surface area contributed by atoms with Crippen molar-refractivity contribution in [2.75, 3.05) is 0 Å². The zero-order chi connectivity index (χ0) is 28.7. The van der Waals surface area contributed by atoms with Crippen LogP contribution in [0.1, 0.15) is 0 Å². The van der Waals surface area contributed by atoms with Crippen LogP contribution in [0.2, 0.25) is 0 Å². The third-order valence-corrected chi connectivity index (χ3v) is 9.01. The summed E-state index contributed by atoms with van der Waals surface area (Å²) in [6, 6.07) is 45.1. The standard InChI is InChI=1S/C36H21Br2N5/c37-31-21-27(39-36(38)40-31)33-34-26(25-16-8-10-18-29(25)41(34)23-12-3-1-4-13-23)20-30-35(33)42(24-14-5-2-6-15-24)32-19-22-11-7-9-17-28(22)43(30)32/h1-21H. The normalized spacial score (nSPS) is 12.0. The predicted octanol–water partition coefficient (Wildman–Crippen LogP) is 10.1. The van der Waals surface area contributed by atoms with Gasteiger partial charge in [0.1, 0.15) is 10.3 Å². The van der Waals surface area contributed by atoms with E-state index in [1.807, 2.05) is 6.07 Å². The maximum atomic E-state index is 5.00. The number of fused-ring (bicyclic) bond motifs is 8. The Balaban J connectivity index is 1.63. The average molecular weight is 683 g/mol. The molecule has 0 aliphatic carbocycles. The van der Waals surface area contributed by atoms with Crippen molar-refractivity contribution in [1.82, 2.24) is 23.5 Å². The molecule has 0 fully saturated rings. The van der Waals surface area contributed by atoms with E-state index in [9.17, 15) is 0 Å². The monoisotopic (exact) mass is 681 g/mol. The van der Waals surface area contributed by atoms with Crippen molar-refractivity contribution in [1.29, 1.82) is 0 Å². The number of aromatic nitrogens is 5. The molecule has 0 bridgehead atoms. The van der Waals surface area contributed by atoms with Crippen LogP contribution in [-0.2, 0) is 0 Å². The average Bonchev–Trinajstić information content (AvgIpc) is 3.67. The summed E-state index contributed by atoms with van der Waals surface area (Å²) in [6.45, 7) is 0. The largest absolute Gasteiger partial charge is 0.308 e. The first-order chi connectivity index (χ1) is 21.2. The summed E-state index contributed by atoms with van der Waals surface area (Å²) in [5.74, 6) is 0. The fourth-order valence-corrected chi connectivity index (χ4v) is 7.62. The van der Waals surface area contributed by atoms with Gasteiger partial charge >= 0.3 is 0 Å². The second kappa shape index (κ2) is 9.39. The van der Waals surface area contributed by atoms with Gasteiger partial charge in [-0.3, -0.25) is 8.97 Å². The van der Waals surface area contributed by atoms with Gasteiger partial charge in [-0.2, -0.15) is 0 Å². The van der Waals surface area contributed by atoms with E-state index < -0.39 is 0 Å². The van der Waals surface area contributed by atoms with Crippen LogP contribution in [-0.4, -0.2) is 23.5 Å². The van der Waals surface area contributed by atoms with E-state index in [0.29, 0.717) is 9.34 Å². The SMILES string of the molecule is Brc1cc(-c2c3c(cc4c2n(-c2ccccc2)c2cc5ccccc5n42)c2ccccc2n3-c2ccccc2)nc(Br)n1. The Bertz CT molecular complexity index is 2500. The number of imidazole rings is 1. The van der Waals surface area contributed by atoms with Gasteiger partial charge in [-0.1, -0.05) is 72.8 Å². The molecular weight excluding hydrogens is 662 g/mol. The first-order valence-electron chi connectivity index (χ1n) is 14.0. The van der Waals surface area contributed by atoms with Gasteiger partial charge in [0.05, 0.1) is 38.8 Å². The molecule has 0 N–H and O–H groups in total. The second-order valence-electron chi connectivity index (χ2n) is 10.6. The Kier molecular flexibility index (Phi) is 5.43. The van der Waals surface area contributed by atoms with Crippen molar-refractivity contribution in [3.8, 4) is 22.6 Å². The molecule has 5 aromatic carbocycles. The number of halogens is 2. The maximum absolute atomic E-state index is 5.00. The number of hydrogen-bond acceptors (Lipinski definition) is 2. The van der Waals surface area contributed by atoms with Gasteiger partial charge < -0.3 is 4.57 Å². The zero-order valence-electron chi connectivity index (χ0n) is 22.6. The molecule has 9 aromatic rings. The molecule has 5 nitrogen and oxygen atoms in total. The minimum atomic E-state index is 0.527. The Morgan fingerprint density at radius 2 is 1.16 bits per heavy atom. The molecule has 9 rings (SSSR count). The highest BCUT2D eigenvalue weighted by Gasteiger charge is 2.26. The minimum Gasteiger partial charge on any atom is -0.308 e. The van der Waals surface area contributed by atoms with E-state index in [-0.39, 0.29) is 0 Å². The summed E-state index contributed by atoms with van der Waals surface area (Å²) in [4.78, 5) is 9.50. The molecule has 0 aliphatic heterocycles. The molecule has 4 heterocycles. The molecule has 0 amide bonds. The molecule has 0 saturated heterocycles. The summed E-state index contributed by atoms with van der Waals surface area (Å²) in [5, 5.41) is 3.55.